The molecule has 0 aromatic heterocycles. The molecule has 6 aliphatic carbocycles. The molecule has 72 valence electrons. The van der Waals surface area contributed by atoms with Gasteiger partial charge in [0.05, 0.1) is 0 Å². The maximum atomic E-state index is 2.55. The van der Waals surface area contributed by atoms with Crippen LogP contribution in [0.25, 0.3) is 0 Å². The molecule has 0 aliphatic heterocycles. The summed E-state index contributed by atoms with van der Waals surface area (Å²) in [6.45, 7) is 0. The third-order valence-corrected chi connectivity index (χ3v) is 7.21. The Morgan fingerprint density at radius 2 is 0.929 bits per heavy atom. The summed E-state index contributed by atoms with van der Waals surface area (Å²) in [5.41, 5.74) is 1.53. The predicted octanol–water partition coefficient (Wildman–Crippen LogP) is 3.62. The second kappa shape index (κ2) is 1.91. The minimum Gasteiger partial charge on any atom is -0.0713 e. The molecule has 0 aromatic rings. The molecule has 2 heteroatoms. The zero-order valence-electron chi connectivity index (χ0n) is 7.53. The van der Waals surface area contributed by atoms with Crippen LogP contribution in [0.1, 0.15) is 0 Å². The molecule has 0 nitrogen and oxygen atoms in total. The van der Waals surface area contributed by atoms with Gasteiger partial charge in [-0.3, -0.25) is 0 Å². The molecule has 0 heterocycles. The van der Waals surface area contributed by atoms with Crippen molar-refractivity contribution in [1.82, 2.24) is 0 Å². The Morgan fingerprint density at radius 3 is 1.14 bits per heavy atom. The van der Waals surface area contributed by atoms with Crippen molar-refractivity contribution in [1.29, 1.82) is 0 Å². The second-order valence-electron chi connectivity index (χ2n) is 5.74. The quantitative estimate of drug-likeness (QED) is 0.613. The van der Waals surface area contributed by atoms with Crippen molar-refractivity contribution in [2.45, 2.75) is 0 Å². The molecule has 6 saturated carbocycles. The Labute approximate surface area is 111 Å². The maximum Gasteiger partial charge on any atom is -0.000757 e. The van der Waals surface area contributed by atoms with Crippen molar-refractivity contribution in [3.05, 3.63) is 20.3 Å². The normalized spacial score (nSPS) is 78.7. The summed E-state index contributed by atoms with van der Waals surface area (Å²) in [6, 6.07) is 0. The van der Waals surface area contributed by atoms with Gasteiger partial charge < -0.3 is 0 Å². The lowest BCUT2D eigenvalue weighted by Crippen LogP contribution is -3.08. The van der Waals surface area contributed by atoms with Gasteiger partial charge in [-0.25, -0.2) is 0 Å². The lowest BCUT2D eigenvalue weighted by atomic mass is 8.92. The largest absolute Gasteiger partial charge is 0.0713 e. The number of hydrogen-bond acceptors (Lipinski definition) is 0. The first-order valence-corrected chi connectivity index (χ1v) is 7.90. The minimum atomic E-state index is 0.766. The van der Waals surface area contributed by atoms with E-state index in [0.717, 1.165) is 46.3 Å². The molecule has 0 spiro atoms. The Morgan fingerprint density at radius 1 is 0.643 bits per heavy atom. The molecular weight excluding hydrogens is 398 g/mol. The lowest BCUT2D eigenvalue weighted by molar-refractivity contribution is -0.630. The van der Waals surface area contributed by atoms with Gasteiger partial charge in [-0.05, 0) is 54.5 Å². The van der Waals surface area contributed by atoms with Crippen LogP contribution in [-0.4, -0.2) is 0 Å². The molecule has 6 rings (SSSR count). The van der Waals surface area contributed by atoms with Crippen molar-refractivity contribution in [3.63, 3.8) is 0 Å². The molecule has 0 N–H and O–H groups in total. The van der Waals surface area contributed by atoms with Crippen LogP contribution in [0.15, 0.2) is 20.3 Å². The fourth-order valence-corrected chi connectivity index (χ4v) is 7.82. The van der Waals surface area contributed by atoms with Gasteiger partial charge in [-0.2, -0.15) is 0 Å². The lowest BCUT2D eigenvalue weighted by Gasteiger charge is -3.11. The van der Waals surface area contributed by atoms with Crippen LogP contribution in [0.2, 0.25) is 0 Å². The summed E-state index contributed by atoms with van der Waals surface area (Å²) in [6.07, 6.45) is 5.10. The van der Waals surface area contributed by atoms with Crippen LogP contribution in [0.5, 0.6) is 0 Å². The number of halogens is 2. The Hall–Kier alpha value is 0.940. The van der Waals surface area contributed by atoms with Gasteiger partial charge >= 0.3 is 0 Å². The van der Waals surface area contributed by atoms with E-state index in [-0.39, 0.29) is 0 Å². The summed E-state index contributed by atoms with van der Waals surface area (Å²) in [7, 11) is 0. The van der Waals surface area contributed by atoms with E-state index in [0.29, 0.717) is 0 Å². The standard InChI is InChI=1S/C12H10I2/c13-3-1-11-5-8-6(11)10-7(11)9(5)12(8,10)2-4-14/h1-10H/b3-1-,4-2-. The highest BCUT2D eigenvalue weighted by atomic mass is 127. The third kappa shape index (κ3) is 0.388. The average Bonchev–Trinajstić information content (AvgIpc) is 2.22. The maximum absolute atomic E-state index is 2.55. The smallest absolute Gasteiger partial charge is 0.000757 e. The number of hydrogen-bond donors (Lipinski definition) is 0. The first-order chi connectivity index (χ1) is 6.85. The molecule has 0 atom stereocenters. The molecule has 14 heavy (non-hydrogen) atoms. The van der Waals surface area contributed by atoms with E-state index in [1.807, 2.05) is 0 Å². The third-order valence-electron chi connectivity index (χ3n) is 6.49. The molecule has 6 aliphatic rings. The van der Waals surface area contributed by atoms with Crippen LogP contribution < -0.4 is 0 Å². The molecule has 0 aromatic carbocycles. The summed E-state index contributed by atoms with van der Waals surface area (Å²) < 4.78 is 4.56. The number of rotatable bonds is 2. The van der Waals surface area contributed by atoms with Crippen molar-refractivity contribution < 1.29 is 0 Å². The SMILES string of the molecule is I/C=C\C12C3C4C1C1C2C3C41/C=C\I. The van der Waals surface area contributed by atoms with Gasteiger partial charge in [0.25, 0.3) is 0 Å². The van der Waals surface area contributed by atoms with Gasteiger partial charge in [0.1, 0.15) is 0 Å². The second-order valence-corrected chi connectivity index (χ2v) is 7.18. The predicted molar refractivity (Wildman–Crippen MR) is 72.1 cm³/mol. The fourth-order valence-electron chi connectivity index (χ4n) is 6.58. The average molecular weight is 408 g/mol. The summed E-state index contributed by atoms with van der Waals surface area (Å²) in [5.74, 6) is 6.76. The van der Waals surface area contributed by atoms with E-state index in [1.54, 1.807) is 0 Å². The van der Waals surface area contributed by atoms with Gasteiger partial charge in [0, 0.05) is 0 Å². The van der Waals surface area contributed by atoms with Crippen LogP contribution in [-0.2, 0) is 0 Å². The van der Waals surface area contributed by atoms with Crippen LogP contribution in [0.3, 0.4) is 0 Å². The van der Waals surface area contributed by atoms with Crippen LogP contribution >= 0.6 is 45.2 Å². The highest BCUT2D eigenvalue weighted by molar-refractivity contribution is 14.1. The highest BCUT2D eigenvalue weighted by Crippen LogP contribution is 3.10. The summed E-state index contributed by atoms with van der Waals surface area (Å²) in [5, 5.41) is 0. The van der Waals surface area contributed by atoms with Crippen molar-refractivity contribution in [3.8, 4) is 0 Å². The van der Waals surface area contributed by atoms with E-state index >= 15 is 0 Å². The molecule has 0 unspecified atom stereocenters. The van der Waals surface area contributed by atoms with Gasteiger partial charge in [0.15, 0.2) is 0 Å². The van der Waals surface area contributed by atoms with Crippen LogP contribution in [0, 0.1) is 46.3 Å². The monoisotopic (exact) mass is 408 g/mol. The van der Waals surface area contributed by atoms with Crippen LogP contribution in [0.4, 0.5) is 0 Å². The first kappa shape index (κ1) is 8.09. The van der Waals surface area contributed by atoms with E-state index in [1.165, 1.54) is 0 Å². The van der Waals surface area contributed by atoms with Gasteiger partial charge in [-0.1, -0.05) is 57.3 Å². The Bertz CT molecular complexity index is 326. The topological polar surface area (TPSA) is 0 Å². The van der Waals surface area contributed by atoms with Gasteiger partial charge in [-0.15, -0.1) is 0 Å². The zero-order valence-corrected chi connectivity index (χ0v) is 11.8. The van der Waals surface area contributed by atoms with Crippen molar-refractivity contribution >= 4 is 45.2 Å². The van der Waals surface area contributed by atoms with Crippen molar-refractivity contribution in [2.75, 3.05) is 0 Å². The number of allylic oxidation sites excluding steroid dienone is 2. The molecule has 0 radical (unpaired) electrons. The molecule has 0 saturated heterocycles. The van der Waals surface area contributed by atoms with E-state index in [4.69, 9.17) is 0 Å². The zero-order chi connectivity index (χ0) is 9.29. The van der Waals surface area contributed by atoms with E-state index in [2.05, 4.69) is 65.5 Å². The first-order valence-electron chi connectivity index (χ1n) is 5.41. The minimum absolute atomic E-state index is 0.766. The highest BCUT2D eigenvalue weighted by Gasteiger charge is 3.08. The Kier molecular flexibility index (Phi) is 1.11. The summed E-state index contributed by atoms with van der Waals surface area (Å²) >= 11 is 4.80. The summed E-state index contributed by atoms with van der Waals surface area (Å²) in [4.78, 5) is 0. The van der Waals surface area contributed by atoms with E-state index < -0.39 is 0 Å². The molecule has 0 bridgehead atoms. The van der Waals surface area contributed by atoms with Gasteiger partial charge in [0.2, 0.25) is 0 Å². The molecular formula is C12H10I2. The molecule has 0 amide bonds. The fraction of sp³-hybridized carbons (Fsp3) is 0.667. The Balaban J connectivity index is 1.60. The van der Waals surface area contributed by atoms with Crippen molar-refractivity contribution in [2.24, 2.45) is 46.3 Å². The van der Waals surface area contributed by atoms with E-state index in [9.17, 15) is 0 Å². The molecule has 6 fully saturated rings.